The van der Waals surface area contributed by atoms with Gasteiger partial charge in [-0.05, 0) is 42.8 Å². The van der Waals surface area contributed by atoms with Crippen molar-refractivity contribution in [1.29, 1.82) is 0 Å². The Morgan fingerprint density at radius 1 is 1.17 bits per heavy atom. The number of carboxylic acid groups (broad SMARTS) is 1. The first-order chi connectivity index (χ1) is 14.5. The molecule has 1 aromatic carbocycles. The molecule has 2 N–H and O–H groups in total. The Morgan fingerprint density at radius 2 is 1.90 bits per heavy atom. The van der Waals surface area contributed by atoms with E-state index in [1.54, 1.807) is 6.26 Å². The third-order valence-corrected chi connectivity index (χ3v) is 6.67. The first kappa shape index (κ1) is 20.8. The van der Waals surface area contributed by atoms with Gasteiger partial charge in [0.25, 0.3) is 0 Å². The number of aliphatic carboxylic acids is 1. The minimum atomic E-state index is -2.45. The maximum Gasteiger partial charge on any atom is 0.312 e. The monoisotopic (exact) mass is 433 g/mol. The molecule has 2 aliphatic heterocycles. The SMILES string of the molecule is O=C(O)C1CCOC(C=S(=O)=O)C1[N+]1(c2ccc(-c3ccco3)cc2)CCNCC1. The average molecular weight is 434 g/mol. The standard InChI is InChI=1S/C21H24N2O6S/c24-21(25)17-7-13-29-19(14-30(26)27)20(17)23(10-8-22-9-11-23)16-5-3-15(4-6-16)18-2-1-12-28-18/h1-6,12,14,17,19-20,22H,7-11,13H2/p+1. The zero-order valence-electron chi connectivity index (χ0n) is 16.4. The molecule has 2 fully saturated rings. The van der Waals surface area contributed by atoms with Gasteiger partial charge in [0, 0.05) is 25.3 Å². The van der Waals surface area contributed by atoms with E-state index in [4.69, 9.17) is 9.15 Å². The van der Waals surface area contributed by atoms with Gasteiger partial charge in [0.05, 0.1) is 24.7 Å². The highest BCUT2D eigenvalue weighted by Gasteiger charge is 2.53. The molecule has 8 nitrogen and oxygen atoms in total. The van der Waals surface area contributed by atoms with E-state index in [9.17, 15) is 18.3 Å². The molecule has 3 unspecified atom stereocenters. The van der Waals surface area contributed by atoms with Gasteiger partial charge >= 0.3 is 5.97 Å². The quantitative estimate of drug-likeness (QED) is 0.542. The molecule has 0 bridgehead atoms. The van der Waals surface area contributed by atoms with Crippen molar-refractivity contribution in [3.63, 3.8) is 0 Å². The second-order valence-electron chi connectivity index (χ2n) is 7.71. The van der Waals surface area contributed by atoms with Crippen LogP contribution >= 0.6 is 0 Å². The molecule has 0 radical (unpaired) electrons. The Morgan fingerprint density at radius 3 is 2.50 bits per heavy atom. The number of ether oxygens (including phenoxy) is 1. The van der Waals surface area contributed by atoms with Crippen molar-refractivity contribution >= 4 is 27.3 Å². The van der Waals surface area contributed by atoms with Gasteiger partial charge in [-0.3, -0.25) is 9.28 Å². The number of piperazine rings is 1. The van der Waals surface area contributed by atoms with Crippen molar-refractivity contribution in [2.75, 3.05) is 32.8 Å². The lowest BCUT2D eigenvalue weighted by Gasteiger charge is -2.51. The van der Waals surface area contributed by atoms with Crippen LogP contribution in [0.4, 0.5) is 5.69 Å². The van der Waals surface area contributed by atoms with Gasteiger partial charge in [-0.2, -0.15) is 8.42 Å². The first-order valence-corrected chi connectivity index (χ1v) is 11.1. The molecule has 0 saturated carbocycles. The summed E-state index contributed by atoms with van der Waals surface area (Å²) in [6.07, 6.45) is 1.18. The molecule has 9 heteroatoms. The summed E-state index contributed by atoms with van der Waals surface area (Å²) in [7, 11) is -2.45. The number of quaternary nitrogens is 1. The second kappa shape index (κ2) is 8.73. The molecule has 2 saturated heterocycles. The maximum absolute atomic E-state index is 12.2. The largest absolute Gasteiger partial charge is 0.481 e. The fraction of sp³-hybridized carbons (Fsp3) is 0.429. The van der Waals surface area contributed by atoms with E-state index >= 15 is 0 Å². The summed E-state index contributed by atoms with van der Waals surface area (Å²) < 4.78 is 34.6. The van der Waals surface area contributed by atoms with Gasteiger partial charge in [0.2, 0.25) is 10.3 Å². The third-order valence-electron chi connectivity index (χ3n) is 6.18. The highest BCUT2D eigenvalue weighted by atomic mass is 32.2. The fourth-order valence-electron chi connectivity index (χ4n) is 4.84. The molecule has 2 aromatic rings. The van der Waals surface area contributed by atoms with Crippen LogP contribution in [0.25, 0.3) is 11.3 Å². The summed E-state index contributed by atoms with van der Waals surface area (Å²) >= 11 is 0. The Labute approximate surface area is 176 Å². The van der Waals surface area contributed by atoms with Gasteiger partial charge in [-0.25, -0.2) is 0 Å². The molecule has 3 heterocycles. The topological polar surface area (TPSA) is 106 Å². The van der Waals surface area contributed by atoms with Crippen LogP contribution in [0.3, 0.4) is 0 Å². The fourth-order valence-corrected chi connectivity index (χ4v) is 5.30. The summed E-state index contributed by atoms with van der Waals surface area (Å²) in [6, 6.07) is 11.1. The lowest BCUT2D eigenvalue weighted by Crippen LogP contribution is -2.72. The lowest BCUT2D eigenvalue weighted by molar-refractivity contribution is -0.151. The number of rotatable bonds is 5. The first-order valence-electron chi connectivity index (χ1n) is 10.0. The van der Waals surface area contributed by atoms with Crippen LogP contribution in [0, 0.1) is 5.92 Å². The Hall–Kier alpha value is -2.46. The number of furan rings is 1. The molecule has 0 spiro atoms. The van der Waals surface area contributed by atoms with Gasteiger partial charge in [-0.1, -0.05) is 0 Å². The zero-order chi connectivity index (χ0) is 21.1. The number of carbonyl (C=O) groups is 1. The highest BCUT2D eigenvalue weighted by molar-refractivity contribution is 7.71. The number of carboxylic acids is 1. The van der Waals surface area contributed by atoms with E-state index in [1.807, 2.05) is 36.4 Å². The van der Waals surface area contributed by atoms with Crippen molar-refractivity contribution in [2.45, 2.75) is 18.6 Å². The van der Waals surface area contributed by atoms with E-state index in [2.05, 4.69) is 5.32 Å². The molecule has 0 amide bonds. The van der Waals surface area contributed by atoms with E-state index in [-0.39, 0.29) is 6.61 Å². The summed E-state index contributed by atoms with van der Waals surface area (Å²) in [4.78, 5) is 12.2. The summed E-state index contributed by atoms with van der Waals surface area (Å²) in [5, 5.41) is 14.4. The Balaban J connectivity index is 1.81. The highest BCUT2D eigenvalue weighted by Crippen LogP contribution is 2.37. The van der Waals surface area contributed by atoms with Crippen LogP contribution in [-0.4, -0.2) is 69.8 Å². The minimum Gasteiger partial charge on any atom is -0.481 e. The Bertz CT molecular complexity index is 1000. The second-order valence-corrected chi connectivity index (χ2v) is 8.50. The minimum absolute atomic E-state index is 0.224. The molecular formula is C21H25N2O6S+. The normalized spacial score (nSPS) is 26.1. The predicted molar refractivity (Wildman–Crippen MR) is 113 cm³/mol. The van der Waals surface area contributed by atoms with Crippen LogP contribution in [-0.2, 0) is 19.8 Å². The number of hydrogen-bond acceptors (Lipinski definition) is 6. The van der Waals surface area contributed by atoms with Crippen LogP contribution in [0.2, 0.25) is 0 Å². The number of nitrogens with one attached hydrogen (secondary N) is 1. The third kappa shape index (κ3) is 3.93. The zero-order valence-corrected chi connectivity index (χ0v) is 17.3. The molecule has 4 rings (SSSR count). The van der Waals surface area contributed by atoms with Crippen molar-refractivity contribution in [2.24, 2.45) is 5.92 Å². The smallest absolute Gasteiger partial charge is 0.312 e. The van der Waals surface area contributed by atoms with Gasteiger partial charge in [0.15, 0.2) is 0 Å². The molecule has 3 atom stereocenters. The van der Waals surface area contributed by atoms with E-state index in [0.717, 1.165) is 22.4 Å². The molecule has 30 heavy (non-hydrogen) atoms. The van der Waals surface area contributed by atoms with Crippen LogP contribution in [0.5, 0.6) is 0 Å². The van der Waals surface area contributed by atoms with Crippen molar-refractivity contribution in [1.82, 2.24) is 9.80 Å². The van der Waals surface area contributed by atoms with E-state index in [1.165, 1.54) is 0 Å². The van der Waals surface area contributed by atoms with Crippen LogP contribution < -0.4 is 9.80 Å². The lowest BCUT2D eigenvalue weighted by atomic mass is 9.85. The van der Waals surface area contributed by atoms with E-state index < -0.39 is 34.3 Å². The number of nitrogens with zero attached hydrogens (tertiary/aromatic N) is 1. The maximum atomic E-state index is 12.2. The summed E-state index contributed by atoms with van der Waals surface area (Å²) in [5.41, 5.74) is 1.87. The number of hydrogen-bond donors (Lipinski definition) is 2. The summed E-state index contributed by atoms with van der Waals surface area (Å²) in [5.74, 6) is -0.862. The van der Waals surface area contributed by atoms with Crippen LogP contribution in [0.1, 0.15) is 6.42 Å². The average Bonchev–Trinajstić information content (AvgIpc) is 3.29. The number of benzene rings is 1. The van der Waals surface area contributed by atoms with Gasteiger partial charge in [-0.15, -0.1) is 0 Å². The van der Waals surface area contributed by atoms with Gasteiger partial charge in [0.1, 0.15) is 29.5 Å². The molecule has 2 aliphatic rings. The van der Waals surface area contributed by atoms with E-state index in [0.29, 0.717) is 37.1 Å². The molecule has 0 aliphatic carbocycles. The summed E-state index contributed by atoms with van der Waals surface area (Å²) in [6.45, 7) is 2.93. The predicted octanol–water partition coefficient (Wildman–Crippen LogP) is 1.40. The Kier molecular flexibility index (Phi) is 6.05. The molecule has 1 aromatic heterocycles. The van der Waals surface area contributed by atoms with Crippen molar-refractivity contribution in [3.8, 4) is 11.3 Å². The van der Waals surface area contributed by atoms with Crippen molar-refractivity contribution < 1.29 is 27.5 Å². The molecular weight excluding hydrogens is 408 g/mol. The van der Waals surface area contributed by atoms with Crippen LogP contribution in [0.15, 0.2) is 47.1 Å². The van der Waals surface area contributed by atoms with Gasteiger partial charge < -0.3 is 19.6 Å². The van der Waals surface area contributed by atoms with Crippen molar-refractivity contribution in [3.05, 3.63) is 42.7 Å². The molecule has 160 valence electrons.